The Labute approximate surface area is 149 Å². The van der Waals surface area contributed by atoms with E-state index in [-0.39, 0.29) is 11.5 Å². The number of benzene rings is 1. The van der Waals surface area contributed by atoms with Gasteiger partial charge in [0.1, 0.15) is 0 Å². The predicted molar refractivity (Wildman–Crippen MR) is 96.7 cm³/mol. The van der Waals surface area contributed by atoms with Crippen molar-refractivity contribution in [1.29, 1.82) is 0 Å². The highest BCUT2D eigenvalue weighted by atomic mass is 16.4. The van der Waals surface area contributed by atoms with Crippen LogP contribution in [0.5, 0.6) is 11.5 Å². The third kappa shape index (κ3) is 12.8. The van der Waals surface area contributed by atoms with Crippen molar-refractivity contribution in [1.82, 2.24) is 0 Å². The van der Waals surface area contributed by atoms with E-state index in [2.05, 4.69) is 0 Å². The molecule has 6 N–H and O–H groups in total. The second-order valence-electron chi connectivity index (χ2n) is 7.47. The van der Waals surface area contributed by atoms with Crippen LogP contribution in [0.1, 0.15) is 47.1 Å². The van der Waals surface area contributed by atoms with Crippen molar-refractivity contribution in [2.24, 2.45) is 16.6 Å². The molecule has 0 bridgehead atoms. The van der Waals surface area contributed by atoms with Gasteiger partial charge >= 0.3 is 11.9 Å². The minimum atomic E-state index is -0.757. The molecule has 1 aromatic carbocycles. The molecule has 0 saturated heterocycles. The Kier molecular flexibility index (Phi) is 10.5. The standard InChI is InChI=1S/C8H11NO2.2C5H10O2/c9-4-3-6-1-2-7(10)8(11)5-6;2*1-5(2,3)4(6)7/h1-2,5,10-11H,3-4,9H2;2*1-3H3,(H,6,7). The largest absolute Gasteiger partial charge is 0.504 e. The fourth-order valence-corrected chi connectivity index (χ4v) is 0.891. The molecular weight excluding hydrogens is 326 g/mol. The molecule has 1 aromatic rings. The highest BCUT2D eigenvalue weighted by Gasteiger charge is 2.19. The van der Waals surface area contributed by atoms with Crippen LogP contribution in [0.25, 0.3) is 0 Å². The van der Waals surface area contributed by atoms with Crippen LogP contribution < -0.4 is 5.73 Å². The van der Waals surface area contributed by atoms with Gasteiger partial charge in [-0.2, -0.15) is 0 Å². The van der Waals surface area contributed by atoms with Crippen molar-refractivity contribution in [2.75, 3.05) is 6.54 Å². The van der Waals surface area contributed by atoms with E-state index >= 15 is 0 Å². The number of aliphatic carboxylic acids is 2. The predicted octanol–water partition coefficient (Wildman–Crippen LogP) is 2.83. The number of hydrogen-bond acceptors (Lipinski definition) is 5. The maximum Gasteiger partial charge on any atom is 0.308 e. The lowest BCUT2D eigenvalue weighted by Gasteiger charge is -2.08. The zero-order valence-electron chi connectivity index (χ0n) is 15.8. The molecule has 1 rings (SSSR count). The molecule has 0 aromatic heterocycles. The summed E-state index contributed by atoms with van der Waals surface area (Å²) >= 11 is 0. The molecule has 7 nitrogen and oxygen atoms in total. The Morgan fingerprint density at radius 3 is 1.48 bits per heavy atom. The van der Waals surface area contributed by atoms with Gasteiger partial charge in [-0.15, -0.1) is 0 Å². The molecule has 0 atom stereocenters. The van der Waals surface area contributed by atoms with E-state index in [0.717, 1.165) is 5.56 Å². The molecule has 0 aliphatic heterocycles. The lowest BCUT2D eigenvalue weighted by Crippen LogP contribution is -2.18. The lowest BCUT2D eigenvalue weighted by atomic mass is 9.98. The minimum absolute atomic E-state index is 0.0871. The maximum absolute atomic E-state index is 10.0. The summed E-state index contributed by atoms with van der Waals surface area (Å²) in [4.78, 5) is 20.0. The number of rotatable bonds is 2. The molecule has 0 heterocycles. The summed E-state index contributed by atoms with van der Waals surface area (Å²) in [5.74, 6) is -1.69. The van der Waals surface area contributed by atoms with Gasteiger partial charge in [0.05, 0.1) is 10.8 Å². The molecule has 0 unspecified atom stereocenters. The number of phenols is 2. The van der Waals surface area contributed by atoms with Crippen LogP contribution >= 0.6 is 0 Å². The normalized spacial score (nSPS) is 10.7. The molecule has 0 saturated carbocycles. The third-order valence-corrected chi connectivity index (χ3v) is 2.76. The Morgan fingerprint density at radius 1 is 0.880 bits per heavy atom. The van der Waals surface area contributed by atoms with Gasteiger partial charge in [0.2, 0.25) is 0 Å². The number of hydrogen-bond donors (Lipinski definition) is 5. The van der Waals surface area contributed by atoms with Crippen molar-refractivity contribution in [3.8, 4) is 11.5 Å². The van der Waals surface area contributed by atoms with Crippen molar-refractivity contribution < 1.29 is 30.0 Å². The monoisotopic (exact) mass is 357 g/mol. The summed E-state index contributed by atoms with van der Waals surface area (Å²) in [6.07, 6.45) is 0.716. The van der Waals surface area contributed by atoms with Gasteiger partial charge in [-0.25, -0.2) is 0 Å². The Bertz CT molecular complexity index is 532. The first-order valence-electron chi connectivity index (χ1n) is 7.80. The van der Waals surface area contributed by atoms with Crippen LogP contribution in [0.2, 0.25) is 0 Å². The van der Waals surface area contributed by atoms with Crippen molar-refractivity contribution in [2.45, 2.75) is 48.0 Å². The molecule has 0 radical (unpaired) electrons. The summed E-state index contributed by atoms with van der Waals surface area (Å²) in [6, 6.07) is 4.71. The SMILES string of the molecule is CC(C)(C)C(=O)O.CC(C)(C)C(=O)O.NCCc1ccc(O)c(O)c1. The molecule has 0 spiro atoms. The van der Waals surface area contributed by atoms with E-state index in [1.165, 1.54) is 12.1 Å². The summed E-state index contributed by atoms with van der Waals surface area (Å²) in [5.41, 5.74) is 5.07. The number of carboxylic acids is 2. The number of carbonyl (C=O) groups is 2. The molecule has 0 aliphatic carbocycles. The van der Waals surface area contributed by atoms with Crippen LogP contribution in [-0.2, 0) is 16.0 Å². The zero-order valence-corrected chi connectivity index (χ0v) is 15.8. The Balaban J connectivity index is 0. The molecule has 25 heavy (non-hydrogen) atoms. The van der Waals surface area contributed by atoms with Crippen LogP contribution in [0.15, 0.2) is 18.2 Å². The van der Waals surface area contributed by atoms with Gasteiger partial charge in [-0.1, -0.05) is 6.07 Å². The molecule has 0 aliphatic rings. The van der Waals surface area contributed by atoms with E-state index in [4.69, 9.17) is 26.2 Å². The van der Waals surface area contributed by atoms with Crippen molar-refractivity contribution in [3.63, 3.8) is 0 Å². The topological polar surface area (TPSA) is 141 Å². The van der Waals surface area contributed by atoms with Gasteiger partial charge in [0, 0.05) is 0 Å². The number of nitrogens with two attached hydrogens (primary N) is 1. The van der Waals surface area contributed by atoms with Crippen LogP contribution in [-0.4, -0.2) is 38.9 Å². The van der Waals surface area contributed by atoms with E-state index in [1.54, 1.807) is 47.6 Å². The first-order valence-corrected chi connectivity index (χ1v) is 7.80. The lowest BCUT2D eigenvalue weighted by molar-refractivity contribution is -0.146. The van der Waals surface area contributed by atoms with Gasteiger partial charge in [0.15, 0.2) is 11.5 Å². The van der Waals surface area contributed by atoms with Crippen molar-refractivity contribution >= 4 is 11.9 Å². The van der Waals surface area contributed by atoms with E-state index in [1.807, 2.05) is 0 Å². The second-order valence-corrected chi connectivity index (χ2v) is 7.47. The van der Waals surface area contributed by atoms with Gasteiger partial charge in [-0.05, 0) is 72.2 Å². The van der Waals surface area contributed by atoms with Gasteiger partial charge in [-0.3, -0.25) is 9.59 Å². The Morgan fingerprint density at radius 2 is 1.24 bits per heavy atom. The smallest absolute Gasteiger partial charge is 0.308 e. The summed E-state index contributed by atoms with van der Waals surface area (Å²) in [7, 11) is 0. The molecular formula is C18H31NO6. The van der Waals surface area contributed by atoms with E-state index in [9.17, 15) is 9.59 Å². The molecule has 144 valence electrons. The number of phenolic OH excluding ortho intramolecular Hbond substituents is 2. The molecule has 7 heteroatoms. The van der Waals surface area contributed by atoms with Gasteiger partial charge < -0.3 is 26.2 Å². The summed E-state index contributed by atoms with van der Waals surface area (Å²) in [5, 5.41) is 34.5. The number of aromatic hydroxyl groups is 2. The third-order valence-electron chi connectivity index (χ3n) is 2.76. The second kappa shape index (κ2) is 10.6. The van der Waals surface area contributed by atoms with Gasteiger partial charge in [0.25, 0.3) is 0 Å². The zero-order chi connectivity index (χ0) is 20.4. The first-order chi connectivity index (χ1) is 11.1. The minimum Gasteiger partial charge on any atom is -0.504 e. The van der Waals surface area contributed by atoms with E-state index < -0.39 is 22.8 Å². The average Bonchev–Trinajstić information content (AvgIpc) is 2.42. The quantitative estimate of drug-likeness (QED) is 0.512. The maximum atomic E-state index is 10.0. The number of carboxylic acid groups (broad SMARTS) is 2. The average molecular weight is 357 g/mol. The van der Waals surface area contributed by atoms with Crippen LogP contribution in [0.4, 0.5) is 0 Å². The molecule has 0 amide bonds. The van der Waals surface area contributed by atoms with Crippen LogP contribution in [0.3, 0.4) is 0 Å². The van der Waals surface area contributed by atoms with Crippen molar-refractivity contribution in [3.05, 3.63) is 23.8 Å². The first kappa shape index (κ1) is 25.0. The summed E-state index contributed by atoms with van der Waals surface area (Å²) < 4.78 is 0. The molecule has 0 fully saturated rings. The fraction of sp³-hybridized carbons (Fsp3) is 0.556. The van der Waals surface area contributed by atoms with E-state index in [0.29, 0.717) is 13.0 Å². The fourth-order valence-electron chi connectivity index (χ4n) is 0.891. The highest BCUT2D eigenvalue weighted by Crippen LogP contribution is 2.24. The van der Waals surface area contributed by atoms with Crippen LogP contribution in [0, 0.1) is 10.8 Å². The Hall–Kier alpha value is -2.28. The highest BCUT2D eigenvalue weighted by molar-refractivity contribution is 5.73. The summed E-state index contributed by atoms with van der Waals surface area (Å²) in [6.45, 7) is 10.5.